The molecule has 0 radical (unpaired) electrons. The van der Waals surface area contributed by atoms with Gasteiger partial charge in [-0.3, -0.25) is 4.98 Å². The molecular formula is C15H9Cl3N2O. The van der Waals surface area contributed by atoms with Gasteiger partial charge in [0.25, 0.3) is 0 Å². The highest BCUT2D eigenvalue weighted by molar-refractivity contribution is 6.42. The molecule has 0 saturated carbocycles. The van der Waals surface area contributed by atoms with Gasteiger partial charge in [0.15, 0.2) is 5.75 Å². The number of aromatic nitrogens is 1. The minimum absolute atomic E-state index is 0.377. The monoisotopic (exact) mass is 338 g/mol. The molecule has 3 aromatic rings. The van der Waals surface area contributed by atoms with Crippen molar-refractivity contribution in [2.24, 2.45) is 0 Å². The van der Waals surface area contributed by atoms with Crippen molar-refractivity contribution in [3.05, 3.63) is 57.7 Å². The molecule has 0 spiro atoms. The topological polar surface area (TPSA) is 48.1 Å². The molecule has 0 saturated heterocycles. The molecule has 106 valence electrons. The van der Waals surface area contributed by atoms with Gasteiger partial charge in [-0.15, -0.1) is 0 Å². The number of pyridine rings is 1. The minimum atomic E-state index is 0.377. The van der Waals surface area contributed by atoms with Crippen LogP contribution >= 0.6 is 34.8 Å². The lowest BCUT2D eigenvalue weighted by molar-refractivity contribution is 0.490. The first-order valence-electron chi connectivity index (χ1n) is 6.01. The Morgan fingerprint density at radius 2 is 1.67 bits per heavy atom. The van der Waals surface area contributed by atoms with E-state index in [1.807, 2.05) is 6.07 Å². The number of halogens is 3. The second-order valence-electron chi connectivity index (χ2n) is 4.38. The molecule has 3 rings (SSSR count). The summed E-state index contributed by atoms with van der Waals surface area (Å²) in [7, 11) is 0. The van der Waals surface area contributed by atoms with E-state index in [2.05, 4.69) is 4.98 Å². The van der Waals surface area contributed by atoms with Crippen molar-refractivity contribution < 1.29 is 4.74 Å². The van der Waals surface area contributed by atoms with E-state index in [0.29, 0.717) is 32.3 Å². The second-order valence-corrected chi connectivity index (χ2v) is 5.63. The molecule has 3 nitrogen and oxygen atoms in total. The van der Waals surface area contributed by atoms with Gasteiger partial charge in [-0.25, -0.2) is 0 Å². The molecule has 0 aliphatic rings. The van der Waals surface area contributed by atoms with Crippen molar-refractivity contribution in [1.82, 2.24) is 4.98 Å². The standard InChI is InChI=1S/C15H9Cl3N2O/c16-8-1-2-9-13(5-8)20-4-3-14(9)21-15-7-11(18)10(17)6-12(15)19/h1-7H,19H2. The maximum absolute atomic E-state index is 5.99. The van der Waals surface area contributed by atoms with Crippen LogP contribution in [0.5, 0.6) is 11.5 Å². The summed E-state index contributed by atoms with van der Waals surface area (Å²) in [5.41, 5.74) is 7.04. The predicted molar refractivity (Wildman–Crippen MR) is 87.7 cm³/mol. The van der Waals surface area contributed by atoms with Gasteiger partial charge < -0.3 is 10.5 Å². The molecule has 6 heteroatoms. The molecule has 1 heterocycles. The van der Waals surface area contributed by atoms with E-state index in [4.69, 9.17) is 45.3 Å². The molecule has 21 heavy (non-hydrogen) atoms. The van der Waals surface area contributed by atoms with E-state index >= 15 is 0 Å². The van der Waals surface area contributed by atoms with E-state index < -0.39 is 0 Å². The van der Waals surface area contributed by atoms with Crippen LogP contribution in [0.4, 0.5) is 5.69 Å². The highest BCUT2D eigenvalue weighted by atomic mass is 35.5. The number of nitrogen functional groups attached to an aromatic ring is 1. The SMILES string of the molecule is Nc1cc(Cl)c(Cl)cc1Oc1ccnc2cc(Cl)ccc12. The number of fused-ring (bicyclic) bond motifs is 1. The molecule has 2 N–H and O–H groups in total. The number of nitrogens with two attached hydrogens (primary N) is 1. The second kappa shape index (κ2) is 5.60. The minimum Gasteiger partial charge on any atom is -0.454 e. The molecule has 0 unspecified atom stereocenters. The van der Waals surface area contributed by atoms with Gasteiger partial charge in [0.1, 0.15) is 5.75 Å². The van der Waals surface area contributed by atoms with Gasteiger partial charge in [-0.1, -0.05) is 34.8 Å². The lowest BCUT2D eigenvalue weighted by Crippen LogP contribution is -1.93. The zero-order chi connectivity index (χ0) is 15.0. The van der Waals surface area contributed by atoms with Crippen LogP contribution in [0.15, 0.2) is 42.6 Å². The molecular weight excluding hydrogens is 331 g/mol. The van der Waals surface area contributed by atoms with Crippen LogP contribution in [0, 0.1) is 0 Å². The van der Waals surface area contributed by atoms with Crippen LogP contribution in [0.3, 0.4) is 0 Å². The van der Waals surface area contributed by atoms with Crippen molar-refractivity contribution in [3.63, 3.8) is 0 Å². The molecule has 1 aromatic heterocycles. The van der Waals surface area contributed by atoms with Crippen LogP contribution in [-0.4, -0.2) is 4.98 Å². The van der Waals surface area contributed by atoms with E-state index in [-0.39, 0.29) is 0 Å². The summed E-state index contributed by atoms with van der Waals surface area (Å²) in [4.78, 5) is 4.26. The Balaban J connectivity index is 2.08. The molecule has 0 fully saturated rings. The van der Waals surface area contributed by atoms with Crippen molar-refractivity contribution in [2.45, 2.75) is 0 Å². The Labute approximate surface area is 136 Å². The first-order chi connectivity index (χ1) is 10.0. The highest BCUT2D eigenvalue weighted by Gasteiger charge is 2.10. The average molecular weight is 340 g/mol. The third-order valence-corrected chi connectivity index (χ3v) is 3.89. The highest BCUT2D eigenvalue weighted by Crippen LogP contribution is 2.37. The summed E-state index contributed by atoms with van der Waals surface area (Å²) in [6.45, 7) is 0. The Morgan fingerprint density at radius 1 is 0.905 bits per heavy atom. The van der Waals surface area contributed by atoms with E-state index in [9.17, 15) is 0 Å². The zero-order valence-electron chi connectivity index (χ0n) is 10.6. The van der Waals surface area contributed by atoms with Gasteiger partial charge in [0, 0.05) is 22.7 Å². The largest absolute Gasteiger partial charge is 0.454 e. The predicted octanol–water partition coefficient (Wildman–Crippen LogP) is 5.57. The van der Waals surface area contributed by atoms with Gasteiger partial charge >= 0.3 is 0 Å². The van der Waals surface area contributed by atoms with Gasteiger partial charge in [-0.2, -0.15) is 0 Å². The van der Waals surface area contributed by atoms with Crippen molar-refractivity contribution >= 4 is 51.4 Å². The first kappa shape index (κ1) is 14.3. The van der Waals surface area contributed by atoms with Gasteiger partial charge in [-0.05, 0) is 30.3 Å². The van der Waals surface area contributed by atoms with Crippen LogP contribution in [0.25, 0.3) is 10.9 Å². The van der Waals surface area contributed by atoms with E-state index in [1.165, 1.54) is 0 Å². The molecule has 0 aliphatic carbocycles. The van der Waals surface area contributed by atoms with Crippen molar-refractivity contribution in [1.29, 1.82) is 0 Å². The maximum atomic E-state index is 5.99. The number of benzene rings is 2. The van der Waals surface area contributed by atoms with Gasteiger partial charge in [0.2, 0.25) is 0 Å². The Morgan fingerprint density at radius 3 is 2.48 bits per heavy atom. The van der Waals surface area contributed by atoms with Crippen LogP contribution in [0.1, 0.15) is 0 Å². The average Bonchev–Trinajstić information content (AvgIpc) is 2.44. The summed E-state index contributed by atoms with van der Waals surface area (Å²) in [6.07, 6.45) is 1.64. The van der Waals surface area contributed by atoms with Gasteiger partial charge in [0.05, 0.1) is 21.2 Å². The number of hydrogen-bond acceptors (Lipinski definition) is 3. The number of hydrogen-bond donors (Lipinski definition) is 1. The number of anilines is 1. The smallest absolute Gasteiger partial charge is 0.151 e. The fourth-order valence-corrected chi connectivity index (χ4v) is 2.43. The molecule has 0 amide bonds. The van der Waals surface area contributed by atoms with Crippen molar-refractivity contribution in [3.8, 4) is 11.5 Å². The quantitative estimate of drug-likeness (QED) is 0.621. The summed E-state index contributed by atoms with van der Waals surface area (Å²) in [5, 5.41) is 2.20. The third kappa shape index (κ3) is 2.86. The molecule has 2 aromatic carbocycles. The summed E-state index contributed by atoms with van der Waals surface area (Å²) < 4.78 is 5.85. The maximum Gasteiger partial charge on any atom is 0.151 e. The number of nitrogens with zero attached hydrogens (tertiary/aromatic N) is 1. The lowest BCUT2D eigenvalue weighted by Gasteiger charge is -2.11. The number of rotatable bonds is 2. The molecule has 0 bridgehead atoms. The zero-order valence-corrected chi connectivity index (χ0v) is 12.9. The van der Waals surface area contributed by atoms with E-state index in [1.54, 1.807) is 36.5 Å². The fourth-order valence-electron chi connectivity index (χ4n) is 1.93. The summed E-state index contributed by atoms with van der Waals surface area (Å²) in [5.74, 6) is 1.05. The van der Waals surface area contributed by atoms with Crippen LogP contribution in [-0.2, 0) is 0 Å². The van der Waals surface area contributed by atoms with Crippen molar-refractivity contribution in [2.75, 3.05) is 5.73 Å². The fraction of sp³-hybridized carbons (Fsp3) is 0. The first-order valence-corrected chi connectivity index (χ1v) is 7.14. The normalized spacial score (nSPS) is 10.8. The molecule has 0 aliphatic heterocycles. The molecule has 0 atom stereocenters. The lowest BCUT2D eigenvalue weighted by atomic mass is 10.2. The Hall–Kier alpha value is -1.68. The Bertz CT molecular complexity index is 837. The summed E-state index contributed by atoms with van der Waals surface area (Å²) in [6, 6.07) is 10.3. The van der Waals surface area contributed by atoms with E-state index in [0.717, 1.165) is 10.9 Å². The Kier molecular flexibility index (Phi) is 3.81. The third-order valence-electron chi connectivity index (χ3n) is 2.94. The number of ether oxygens (including phenoxy) is 1. The summed E-state index contributed by atoms with van der Waals surface area (Å²) >= 11 is 17.9. The van der Waals surface area contributed by atoms with Crippen LogP contribution < -0.4 is 10.5 Å². The van der Waals surface area contributed by atoms with Crippen LogP contribution in [0.2, 0.25) is 15.1 Å².